The van der Waals surface area contributed by atoms with Crippen molar-refractivity contribution in [2.24, 2.45) is 0 Å². The molecule has 0 N–H and O–H groups in total. The molecule has 0 aliphatic heterocycles. The van der Waals surface area contributed by atoms with Crippen LogP contribution in [0, 0.1) is 0 Å². The van der Waals surface area contributed by atoms with E-state index in [1.807, 2.05) is 0 Å². The van der Waals surface area contributed by atoms with Crippen LogP contribution in [-0.2, 0) is 16.1 Å². The number of ether oxygens (including phenoxy) is 1. The van der Waals surface area contributed by atoms with E-state index in [1.165, 1.54) is 30.3 Å². The van der Waals surface area contributed by atoms with Crippen molar-refractivity contribution in [2.45, 2.75) is 24.6 Å². The van der Waals surface area contributed by atoms with Gasteiger partial charge in [-0.25, -0.2) is 9.18 Å². The number of hydrogen-bond acceptors (Lipinski definition) is 2. The fourth-order valence-corrected chi connectivity index (χ4v) is 1.21. The monoisotopic (exact) mass is 304 g/mol. The van der Waals surface area contributed by atoms with E-state index in [9.17, 15) is 35.5 Å². The Morgan fingerprint density at radius 2 is 1.35 bits per heavy atom. The Labute approximate surface area is 108 Å². The van der Waals surface area contributed by atoms with E-state index in [2.05, 4.69) is 4.74 Å². The van der Waals surface area contributed by atoms with Gasteiger partial charge in [-0.3, -0.25) is 0 Å². The lowest BCUT2D eigenvalue weighted by molar-refractivity contribution is -0.333. The van der Waals surface area contributed by atoms with Crippen LogP contribution in [0.25, 0.3) is 0 Å². The molecule has 0 aliphatic carbocycles. The number of carbonyl (C=O) groups excluding carboxylic acids is 1. The molecule has 0 aliphatic rings. The molecule has 0 saturated carbocycles. The molecule has 0 spiro atoms. The highest BCUT2D eigenvalue weighted by Gasteiger charge is 2.78. The van der Waals surface area contributed by atoms with Gasteiger partial charge in [0.2, 0.25) is 0 Å². The van der Waals surface area contributed by atoms with Gasteiger partial charge in [0.15, 0.2) is 0 Å². The highest BCUT2D eigenvalue weighted by atomic mass is 19.4. The minimum atomic E-state index is -6.46. The first-order chi connectivity index (χ1) is 9.00. The molecule has 0 atom stereocenters. The van der Waals surface area contributed by atoms with Gasteiger partial charge in [-0.15, -0.1) is 0 Å². The molecule has 0 unspecified atom stereocenters. The molecule has 1 aromatic carbocycles. The second-order valence-corrected chi connectivity index (χ2v) is 3.72. The quantitative estimate of drug-likeness (QED) is 0.630. The number of benzene rings is 1. The summed E-state index contributed by atoms with van der Waals surface area (Å²) in [5.74, 6) is -3.04. The Hall–Kier alpha value is -1.80. The van der Waals surface area contributed by atoms with Gasteiger partial charge in [-0.05, 0) is 5.56 Å². The number of alkyl halides is 7. The van der Waals surface area contributed by atoms with Crippen LogP contribution in [0.2, 0.25) is 0 Å². The second-order valence-electron chi connectivity index (χ2n) is 3.72. The number of rotatable bonds is 3. The summed E-state index contributed by atoms with van der Waals surface area (Å²) in [5.41, 5.74) is -5.93. The highest BCUT2D eigenvalue weighted by Crippen LogP contribution is 2.47. The number of esters is 1. The molecule has 1 aromatic rings. The molecule has 0 bridgehead atoms. The summed E-state index contributed by atoms with van der Waals surface area (Å²) in [6.45, 7) is -0.905. The number of carbonyl (C=O) groups is 1. The van der Waals surface area contributed by atoms with Gasteiger partial charge in [-0.1, -0.05) is 30.3 Å². The lowest BCUT2D eigenvalue weighted by Crippen LogP contribution is -2.59. The summed E-state index contributed by atoms with van der Waals surface area (Å²) >= 11 is 0. The van der Waals surface area contributed by atoms with Gasteiger partial charge in [0.25, 0.3) is 0 Å². The van der Waals surface area contributed by atoms with Crippen molar-refractivity contribution in [3.63, 3.8) is 0 Å². The maximum absolute atomic E-state index is 13.2. The molecule has 0 amide bonds. The summed E-state index contributed by atoms with van der Waals surface area (Å²) in [6, 6.07) is 6.93. The molecule has 0 aromatic heterocycles. The molecular weight excluding hydrogens is 297 g/mol. The first-order valence-electron chi connectivity index (χ1n) is 5.03. The summed E-state index contributed by atoms with van der Waals surface area (Å²) < 4.78 is 90.1. The predicted octanol–water partition coefficient (Wildman–Crippen LogP) is 3.56. The van der Waals surface area contributed by atoms with Gasteiger partial charge >= 0.3 is 24.0 Å². The van der Waals surface area contributed by atoms with E-state index in [4.69, 9.17) is 0 Å². The van der Waals surface area contributed by atoms with Crippen molar-refractivity contribution in [2.75, 3.05) is 0 Å². The van der Waals surface area contributed by atoms with Gasteiger partial charge < -0.3 is 4.74 Å². The van der Waals surface area contributed by atoms with Crippen LogP contribution >= 0.6 is 0 Å². The van der Waals surface area contributed by atoms with Crippen LogP contribution < -0.4 is 0 Å². The largest absolute Gasteiger partial charge is 0.458 e. The van der Waals surface area contributed by atoms with Gasteiger partial charge in [0, 0.05) is 0 Å². The van der Waals surface area contributed by atoms with E-state index in [0.717, 1.165) is 0 Å². The van der Waals surface area contributed by atoms with Crippen molar-refractivity contribution in [3.05, 3.63) is 35.9 Å². The molecule has 0 fully saturated rings. The Balaban J connectivity index is 2.92. The first-order valence-corrected chi connectivity index (χ1v) is 5.03. The van der Waals surface area contributed by atoms with Crippen molar-refractivity contribution in [3.8, 4) is 0 Å². The molecule has 112 valence electrons. The van der Waals surface area contributed by atoms with Crippen molar-refractivity contribution < 1.29 is 40.3 Å². The van der Waals surface area contributed by atoms with Gasteiger partial charge in [-0.2, -0.15) is 26.3 Å². The van der Waals surface area contributed by atoms with Crippen LogP contribution in [0.3, 0.4) is 0 Å². The smallest absolute Gasteiger partial charge is 0.442 e. The topological polar surface area (TPSA) is 26.3 Å². The van der Waals surface area contributed by atoms with Crippen LogP contribution in [0.1, 0.15) is 5.56 Å². The minimum absolute atomic E-state index is 0.118. The number of hydrogen-bond donors (Lipinski definition) is 0. The van der Waals surface area contributed by atoms with Crippen LogP contribution in [0.5, 0.6) is 0 Å². The third-order valence-corrected chi connectivity index (χ3v) is 2.28. The molecule has 9 heteroatoms. The van der Waals surface area contributed by atoms with Gasteiger partial charge in [0.1, 0.15) is 6.61 Å². The van der Waals surface area contributed by atoms with E-state index in [-0.39, 0.29) is 5.56 Å². The van der Waals surface area contributed by atoms with E-state index in [1.54, 1.807) is 0 Å². The Morgan fingerprint density at radius 3 is 1.75 bits per heavy atom. The Kier molecular flexibility index (Phi) is 4.30. The Morgan fingerprint density at radius 1 is 0.900 bits per heavy atom. The van der Waals surface area contributed by atoms with Crippen molar-refractivity contribution in [1.29, 1.82) is 0 Å². The minimum Gasteiger partial charge on any atom is -0.458 e. The predicted molar refractivity (Wildman–Crippen MR) is 52.2 cm³/mol. The lowest BCUT2D eigenvalue weighted by Gasteiger charge is -2.27. The van der Waals surface area contributed by atoms with E-state index >= 15 is 0 Å². The SMILES string of the molecule is O=C(OCc1ccccc1)C(F)(C(F)(F)F)C(F)(F)F. The molecule has 0 saturated heterocycles. The zero-order chi connectivity index (χ0) is 15.6. The third kappa shape index (κ3) is 3.02. The lowest BCUT2D eigenvalue weighted by atomic mass is 10.1. The molecule has 2 nitrogen and oxygen atoms in total. The average molecular weight is 304 g/mol. The number of halogens is 7. The molecule has 0 radical (unpaired) electrons. The van der Waals surface area contributed by atoms with Gasteiger partial charge in [0.05, 0.1) is 0 Å². The maximum atomic E-state index is 13.2. The summed E-state index contributed by atoms with van der Waals surface area (Å²) in [7, 11) is 0. The average Bonchev–Trinajstić information content (AvgIpc) is 2.33. The first kappa shape index (κ1) is 16.3. The molecule has 1 rings (SSSR count). The second kappa shape index (κ2) is 5.29. The third-order valence-electron chi connectivity index (χ3n) is 2.28. The van der Waals surface area contributed by atoms with Crippen LogP contribution in [0.15, 0.2) is 30.3 Å². The zero-order valence-electron chi connectivity index (χ0n) is 9.56. The summed E-state index contributed by atoms with van der Waals surface area (Å²) in [5, 5.41) is 0. The summed E-state index contributed by atoms with van der Waals surface area (Å²) in [6.07, 6.45) is -12.9. The standard InChI is InChI=1S/C11H7F7O2/c12-9(10(13,14)15,11(16,17)18)8(19)20-6-7-4-2-1-3-5-7/h1-5H,6H2. The normalized spacial score (nSPS) is 13.2. The van der Waals surface area contributed by atoms with E-state index in [0.29, 0.717) is 0 Å². The van der Waals surface area contributed by atoms with Crippen molar-refractivity contribution in [1.82, 2.24) is 0 Å². The van der Waals surface area contributed by atoms with Crippen LogP contribution in [0.4, 0.5) is 30.7 Å². The molecule has 0 heterocycles. The van der Waals surface area contributed by atoms with Crippen LogP contribution in [-0.4, -0.2) is 24.0 Å². The van der Waals surface area contributed by atoms with Crippen molar-refractivity contribution >= 4 is 5.97 Å². The fraction of sp³-hybridized carbons (Fsp3) is 0.364. The fourth-order valence-electron chi connectivity index (χ4n) is 1.21. The maximum Gasteiger partial charge on any atom is 0.442 e. The Bertz CT molecular complexity index is 450. The van der Waals surface area contributed by atoms with E-state index < -0.39 is 30.6 Å². The highest BCUT2D eigenvalue weighted by molar-refractivity contribution is 5.81. The molecular formula is C11H7F7O2. The zero-order valence-corrected chi connectivity index (χ0v) is 9.56. The molecule has 20 heavy (non-hydrogen) atoms. The summed E-state index contributed by atoms with van der Waals surface area (Å²) in [4.78, 5) is 10.9.